The second kappa shape index (κ2) is 6.38. The first-order chi connectivity index (χ1) is 13.7. The Kier molecular flexibility index (Phi) is 3.72. The lowest BCUT2D eigenvalue weighted by Gasteiger charge is -2.08. The highest BCUT2D eigenvalue weighted by molar-refractivity contribution is 6.07. The molecule has 0 N–H and O–H groups in total. The zero-order valence-corrected chi connectivity index (χ0v) is 14.5. The van der Waals surface area contributed by atoms with Crippen molar-refractivity contribution in [2.45, 2.75) is 6.54 Å². The smallest absolute Gasteiger partial charge is 0.336 e. The third-order valence-electron chi connectivity index (χ3n) is 4.58. The van der Waals surface area contributed by atoms with Crippen molar-refractivity contribution in [3.05, 3.63) is 88.5 Å². The molecule has 0 aliphatic carbocycles. The quantitative estimate of drug-likeness (QED) is 0.356. The molecule has 5 aromatic rings. The Morgan fingerprint density at radius 3 is 2.68 bits per heavy atom. The number of benzene rings is 3. The van der Waals surface area contributed by atoms with E-state index in [1.165, 1.54) is 23.0 Å². The van der Waals surface area contributed by atoms with Crippen LogP contribution in [0.25, 0.3) is 33.1 Å². The van der Waals surface area contributed by atoms with Crippen LogP contribution in [-0.4, -0.2) is 20.2 Å². The molecule has 0 fully saturated rings. The highest BCUT2D eigenvalue weighted by Gasteiger charge is 2.12. The topological polar surface area (TPSA) is 73.8 Å². The van der Waals surface area contributed by atoms with E-state index >= 15 is 0 Å². The molecule has 0 spiro atoms. The van der Waals surface area contributed by atoms with Crippen molar-refractivity contribution in [1.29, 1.82) is 0 Å². The van der Waals surface area contributed by atoms with Gasteiger partial charge in [-0.25, -0.2) is 9.18 Å². The summed E-state index contributed by atoms with van der Waals surface area (Å²) < 4.78 is 18.5. The Hall–Kier alpha value is -3.87. The highest BCUT2D eigenvalue weighted by atomic mass is 19.1. The summed E-state index contributed by atoms with van der Waals surface area (Å²) in [6.07, 6.45) is 0. The van der Waals surface area contributed by atoms with Gasteiger partial charge in [-0.1, -0.05) is 30.3 Å². The molecule has 0 aliphatic heterocycles. The van der Waals surface area contributed by atoms with E-state index in [0.29, 0.717) is 17.0 Å². The standard InChI is InChI=1S/C21H13FN4O2/c22-16-8-5-14(6-9-16)21-23-25-26(24-21)12-15-11-19(27)28-18-10-7-13-3-1-2-4-17(13)20(15)18/h1-11H,12H2. The number of hydrogen-bond donors (Lipinski definition) is 0. The summed E-state index contributed by atoms with van der Waals surface area (Å²) in [6.45, 7) is 0.254. The Balaban J connectivity index is 1.61. The van der Waals surface area contributed by atoms with Gasteiger partial charge in [-0.3, -0.25) is 0 Å². The van der Waals surface area contributed by atoms with Crippen molar-refractivity contribution < 1.29 is 8.81 Å². The average Bonchev–Trinajstić information content (AvgIpc) is 3.16. The lowest BCUT2D eigenvalue weighted by molar-refractivity contribution is 0.546. The number of halogens is 1. The molecule has 0 bridgehead atoms. The number of aromatic nitrogens is 4. The van der Waals surface area contributed by atoms with Gasteiger partial charge in [0.2, 0.25) is 5.82 Å². The molecule has 0 amide bonds. The van der Waals surface area contributed by atoms with Crippen LogP contribution in [0.15, 0.2) is 75.9 Å². The fourth-order valence-electron chi connectivity index (χ4n) is 3.32. The minimum Gasteiger partial charge on any atom is -0.423 e. The SMILES string of the molecule is O=c1cc(Cn2nnc(-c3ccc(F)cc3)n2)c2c(ccc3ccccc32)o1. The van der Waals surface area contributed by atoms with Crippen LogP contribution in [0.1, 0.15) is 5.56 Å². The van der Waals surface area contributed by atoms with E-state index in [4.69, 9.17) is 4.42 Å². The second-order valence-corrected chi connectivity index (χ2v) is 6.40. The summed E-state index contributed by atoms with van der Waals surface area (Å²) in [7, 11) is 0. The van der Waals surface area contributed by atoms with Crippen LogP contribution in [0.4, 0.5) is 4.39 Å². The van der Waals surface area contributed by atoms with Crippen molar-refractivity contribution in [3.63, 3.8) is 0 Å². The predicted octanol–water partition coefficient (Wildman–Crippen LogP) is 3.79. The molecule has 2 aromatic heterocycles. The molecule has 0 saturated heterocycles. The van der Waals surface area contributed by atoms with Crippen molar-refractivity contribution in [2.75, 3.05) is 0 Å². The van der Waals surface area contributed by atoms with Crippen LogP contribution in [0, 0.1) is 5.82 Å². The zero-order chi connectivity index (χ0) is 19.1. The van der Waals surface area contributed by atoms with Crippen molar-refractivity contribution in [2.24, 2.45) is 0 Å². The Morgan fingerprint density at radius 1 is 1.00 bits per heavy atom. The first-order valence-corrected chi connectivity index (χ1v) is 8.66. The normalized spacial score (nSPS) is 11.3. The van der Waals surface area contributed by atoms with Crippen LogP contribution < -0.4 is 5.63 Å². The molecule has 5 rings (SSSR count). The van der Waals surface area contributed by atoms with E-state index in [2.05, 4.69) is 15.4 Å². The maximum Gasteiger partial charge on any atom is 0.336 e. The zero-order valence-electron chi connectivity index (χ0n) is 14.5. The lowest BCUT2D eigenvalue weighted by Crippen LogP contribution is -2.08. The summed E-state index contributed by atoms with van der Waals surface area (Å²) in [4.78, 5) is 13.4. The molecule has 7 heteroatoms. The molecule has 136 valence electrons. The number of fused-ring (bicyclic) bond motifs is 3. The number of hydrogen-bond acceptors (Lipinski definition) is 5. The predicted molar refractivity (Wildman–Crippen MR) is 102 cm³/mol. The van der Waals surface area contributed by atoms with Gasteiger partial charge in [0, 0.05) is 17.0 Å². The fraction of sp³-hybridized carbons (Fsp3) is 0.0476. The van der Waals surface area contributed by atoms with Crippen LogP contribution in [0.5, 0.6) is 0 Å². The molecule has 2 heterocycles. The maximum atomic E-state index is 13.1. The Bertz CT molecular complexity index is 1370. The van der Waals surface area contributed by atoms with E-state index in [1.807, 2.05) is 30.3 Å². The van der Waals surface area contributed by atoms with E-state index in [-0.39, 0.29) is 12.4 Å². The maximum absolute atomic E-state index is 13.1. The third kappa shape index (κ3) is 2.83. The van der Waals surface area contributed by atoms with E-state index < -0.39 is 5.63 Å². The molecular weight excluding hydrogens is 359 g/mol. The van der Waals surface area contributed by atoms with E-state index in [1.54, 1.807) is 18.2 Å². The van der Waals surface area contributed by atoms with Crippen LogP contribution >= 0.6 is 0 Å². The van der Waals surface area contributed by atoms with Crippen LogP contribution in [0.3, 0.4) is 0 Å². The minimum absolute atomic E-state index is 0.254. The lowest BCUT2D eigenvalue weighted by atomic mass is 10.0. The van der Waals surface area contributed by atoms with Gasteiger partial charge in [-0.15, -0.1) is 10.2 Å². The van der Waals surface area contributed by atoms with E-state index in [9.17, 15) is 9.18 Å². The molecule has 28 heavy (non-hydrogen) atoms. The van der Waals surface area contributed by atoms with Crippen molar-refractivity contribution >= 4 is 21.7 Å². The summed E-state index contributed by atoms with van der Waals surface area (Å²) in [5.74, 6) is 0.0580. The molecule has 0 unspecified atom stereocenters. The second-order valence-electron chi connectivity index (χ2n) is 6.40. The molecule has 0 saturated carbocycles. The molecule has 0 atom stereocenters. The van der Waals surface area contributed by atoms with Gasteiger partial charge in [0.05, 0.1) is 6.54 Å². The van der Waals surface area contributed by atoms with Crippen molar-refractivity contribution in [3.8, 4) is 11.4 Å². The first kappa shape index (κ1) is 16.3. The van der Waals surface area contributed by atoms with Gasteiger partial charge in [-0.2, -0.15) is 4.80 Å². The monoisotopic (exact) mass is 372 g/mol. The van der Waals surface area contributed by atoms with Gasteiger partial charge >= 0.3 is 5.63 Å². The highest BCUT2D eigenvalue weighted by Crippen LogP contribution is 2.27. The van der Waals surface area contributed by atoms with Crippen molar-refractivity contribution in [1.82, 2.24) is 20.2 Å². The molecule has 0 radical (unpaired) electrons. The fourth-order valence-corrected chi connectivity index (χ4v) is 3.32. The average molecular weight is 372 g/mol. The van der Waals surface area contributed by atoms with Crippen LogP contribution in [-0.2, 0) is 6.54 Å². The Morgan fingerprint density at radius 2 is 1.82 bits per heavy atom. The first-order valence-electron chi connectivity index (χ1n) is 8.66. The molecule has 6 nitrogen and oxygen atoms in total. The molecule has 0 aliphatic rings. The summed E-state index contributed by atoms with van der Waals surface area (Å²) in [5, 5.41) is 15.3. The number of nitrogens with zero attached hydrogens (tertiary/aromatic N) is 4. The minimum atomic E-state index is -0.434. The number of rotatable bonds is 3. The molecule has 3 aromatic carbocycles. The molecular formula is C21H13FN4O2. The van der Waals surface area contributed by atoms with Gasteiger partial charge in [0.1, 0.15) is 11.4 Å². The van der Waals surface area contributed by atoms with E-state index in [0.717, 1.165) is 21.7 Å². The largest absolute Gasteiger partial charge is 0.423 e. The third-order valence-corrected chi connectivity index (χ3v) is 4.58. The Labute approximate surface area is 157 Å². The van der Waals surface area contributed by atoms with Gasteiger partial charge in [0.25, 0.3) is 0 Å². The van der Waals surface area contributed by atoms with Crippen LogP contribution in [0.2, 0.25) is 0 Å². The summed E-state index contributed by atoms with van der Waals surface area (Å²) in [5.41, 5.74) is 1.48. The van der Waals surface area contributed by atoms with Gasteiger partial charge < -0.3 is 4.42 Å². The van der Waals surface area contributed by atoms with Gasteiger partial charge in [-0.05, 0) is 51.9 Å². The number of tetrazole rings is 1. The summed E-state index contributed by atoms with van der Waals surface area (Å²) >= 11 is 0. The summed E-state index contributed by atoms with van der Waals surface area (Å²) in [6, 6.07) is 18.9. The van der Waals surface area contributed by atoms with Gasteiger partial charge in [0.15, 0.2) is 0 Å².